The fourth-order valence-corrected chi connectivity index (χ4v) is 3.28. The van der Waals surface area contributed by atoms with Crippen LogP contribution in [-0.4, -0.2) is 51.6 Å². The number of nitriles is 1. The maximum atomic E-state index is 10.3. The first-order valence-electron chi connectivity index (χ1n) is 8.73. The van der Waals surface area contributed by atoms with Crippen LogP contribution in [0.3, 0.4) is 0 Å². The van der Waals surface area contributed by atoms with Crippen LogP contribution in [0.15, 0.2) is 42.7 Å². The Labute approximate surface area is 148 Å². The van der Waals surface area contributed by atoms with Crippen molar-refractivity contribution < 1.29 is 9.84 Å². The average molecular weight is 340 g/mol. The lowest BCUT2D eigenvalue weighted by molar-refractivity contribution is 0.0609. The van der Waals surface area contributed by atoms with Crippen molar-refractivity contribution in [1.82, 2.24) is 14.7 Å². The van der Waals surface area contributed by atoms with Crippen molar-refractivity contribution in [3.63, 3.8) is 0 Å². The summed E-state index contributed by atoms with van der Waals surface area (Å²) >= 11 is 0. The Morgan fingerprint density at radius 1 is 1.36 bits per heavy atom. The van der Waals surface area contributed by atoms with Gasteiger partial charge in [-0.2, -0.15) is 10.4 Å². The zero-order chi connectivity index (χ0) is 17.5. The molecule has 6 nitrogen and oxygen atoms in total. The van der Waals surface area contributed by atoms with Gasteiger partial charge >= 0.3 is 0 Å². The van der Waals surface area contributed by atoms with Crippen LogP contribution in [0.1, 0.15) is 18.4 Å². The van der Waals surface area contributed by atoms with E-state index in [1.165, 1.54) is 0 Å². The van der Waals surface area contributed by atoms with E-state index in [9.17, 15) is 5.11 Å². The predicted octanol–water partition coefficient (Wildman–Crippen LogP) is 1.85. The Morgan fingerprint density at radius 2 is 2.20 bits per heavy atom. The van der Waals surface area contributed by atoms with Crippen molar-refractivity contribution >= 4 is 0 Å². The van der Waals surface area contributed by atoms with E-state index in [1.807, 2.05) is 41.2 Å². The molecule has 0 unspecified atom stereocenters. The van der Waals surface area contributed by atoms with Gasteiger partial charge in [0.2, 0.25) is 0 Å². The summed E-state index contributed by atoms with van der Waals surface area (Å²) in [6, 6.07) is 11.9. The van der Waals surface area contributed by atoms with Gasteiger partial charge in [0.1, 0.15) is 18.5 Å². The van der Waals surface area contributed by atoms with Crippen LogP contribution >= 0.6 is 0 Å². The van der Waals surface area contributed by atoms with Crippen LogP contribution in [0, 0.1) is 11.3 Å². The first-order valence-corrected chi connectivity index (χ1v) is 8.73. The van der Waals surface area contributed by atoms with E-state index in [0.717, 1.165) is 37.2 Å². The number of hydrogen-bond donors (Lipinski definition) is 1. The molecular weight excluding hydrogens is 316 g/mol. The van der Waals surface area contributed by atoms with Crippen molar-refractivity contribution in [2.75, 3.05) is 19.7 Å². The van der Waals surface area contributed by atoms with Crippen LogP contribution in [0.5, 0.6) is 5.75 Å². The molecule has 0 radical (unpaired) electrons. The van der Waals surface area contributed by atoms with Crippen molar-refractivity contribution in [1.29, 1.82) is 5.26 Å². The Bertz CT molecular complexity index is 678. The third-order valence-corrected chi connectivity index (χ3v) is 4.55. The number of aliphatic hydroxyl groups is 1. The van der Waals surface area contributed by atoms with E-state index in [0.29, 0.717) is 19.0 Å². The number of hydrogen-bond acceptors (Lipinski definition) is 5. The van der Waals surface area contributed by atoms with Gasteiger partial charge in [0.05, 0.1) is 19.0 Å². The van der Waals surface area contributed by atoms with E-state index in [1.54, 1.807) is 6.20 Å². The summed E-state index contributed by atoms with van der Waals surface area (Å²) in [5.41, 5.74) is 0.967. The normalized spacial score (nSPS) is 18.8. The van der Waals surface area contributed by atoms with Crippen molar-refractivity contribution in [2.45, 2.75) is 38.0 Å². The van der Waals surface area contributed by atoms with E-state index in [4.69, 9.17) is 10.00 Å². The first-order chi connectivity index (χ1) is 12.2. The Kier molecular flexibility index (Phi) is 6.04. The van der Waals surface area contributed by atoms with Crippen LogP contribution in [0.4, 0.5) is 0 Å². The number of aliphatic hydroxyl groups excluding tert-OH is 1. The Hall–Kier alpha value is -2.36. The molecule has 2 heterocycles. The van der Waals surface area contributed by atoms with Crippen molar-refractivity contribution in [2.24, 2.45) is 0 Å². The number of nitrogens with zero attached hydrogens (tertiary/aromatic N) is 4. The van der Waals surface area contributed by atoms with Crippen molar-refractivity contribution in [3.8, 4) is 11.8 Å². The minimum Gasteiger partial charge on any atom is -0.491 e. The topological polar surface area (TPSA) is 74.3 Å². The molecule has 0 saturated carbocycles. The molecule has 1 aromatic heterocycles. The van der Waals surface area contributed by atoms with E-state index < -0.39 is 6.10 Å². The lowest BCUT2D eigenvalue weighted by atomic mass is 10.2. The summed E-state index contributed by atoms with van der Waals surface area (Å²) in [4.78, 5) is 2.33. The predicted molar refractivity (Wildman–Crippen MR) is 94.1 cm³/mol. The molecule has 1 saturated heterocycles. The lowest BCUT2D eigenvalue weighted by Gasteiger charge is -2.26. The summed E-state index contributed by atoms with van der Waals surface area (Å²) in [7, 11) is 0. The van der Waals surface area contributed by atoms with Gasteiger partial charge < -0.3 is 9.84 Å². The van der Waals surface area contributed by atoms with Crippen LogP contribution in [0.25, 0.3) is 0 Å². The van der Waals surface area contributed by atoms with Crippen LogP contribution in [0.2, 0.25) is 0 Å². The van der Waals surface area contributed by atoms with Crippen molar-refractivity contribution in [3.05, 3.63) is 48.3 Å². The Morgan fingerprint density at radius 3 is 2.92 bits per heavy atom. The number of rotatable bonds is 8. The highest BCUT2D eigenvalue weighted by Crippen LogP contribution is 2.19. The molecule has 1 fully saturated rings. The fraction of sp³-hybridized carbons (Fsp3) is 0.474. The van der Waals surface area contributed by atoms with Gasteiger partial charge in [-0.05, 0) is 43.1 Å². The molecule has 132 valence electrons. The molecule has 0 spiro atoms. The van der Waals surface area contributed by atoms with Gasteiger partial charge in [-0.25, -0.2) is 0 Å². The number of β-amino-alcohol motifs (C(OH)–C–C–N with tert-alkyl or cyclic N) is 1. The smallest absolute Gasteiger partial charge is 0.119 e. The van der Waals surface area contributed by atoms with Gasteiger partial charge in [0, 0.05) is 25.0 Å². The number of likely N-dealkylation sites (tertiary alicyclic amines) is 1. The maximum absolute atomic E-state index is 10.3. The highest BCUT2D eigenvalue weighted by molar-refractivity contribution is 5.28. The highest BCUT2D eigenvalue weighted by atomic mass is 16.5. The fourth-order valence-electron chi connectivity index (χ4n) is 3.28. The molecule has 0 bridgehead atoms. The Balaban J connectivity index is 1.45. The molecule has 2 aromatic rings. The third kappa shape index (κ3) is 5.05. The molecule has 0 amide bonds. The molecule has 1 aliphatic heterocycles. The zero-order valence-electron chi connectivity index (χ0n) is 14.3. The largest absolute Gasteiger partial charge is 0.491 e. The van der Waals surface area contributed by atoms with Gasteiger partial charge in [-0.1, -0.05) is 12.1 Å². The highest BCUT2D eigenvalue weighted by Gasteiger charge is 2.26. The zero-order valence-corrected chi connectivity index (χ0v) is 14.3. The first kappa shape index (κ1) is 17.5. The lowest BCUT2D eigenvalue weighted by Crippen LogP contribution is -2.40. The molecule has 3 rings (SSSR count). The molecule has 1 aliphatic rings. The number of benzene rings is 1. The second-order valence-electron chi connectivity index (χ2n) is 6.46. The molecule has 25 heavy (non-hydrogen) atoms. The van der Waals surface area contributed by atoms with Gasteiger partial charge in [-0.3, -0.25) is 9.58 Å². The standard InChI is InChI=1S/C19H24N4O2/c20-9-8-16-4-6-19(7-5-16)25-15-18(24)14-22-11-1-3-17(22)13-23-12-2-10-21-23/h2,4-7,10,12,17-18,24H,1,3,8,11,13-15H2/t17-,18+/m1/s1. The van der Waals surface area contributed by atoms with E-state index in [-0.39, 0.29) is 6.61 Å². The summed E-state index contributed by atoms with van der Waals surface area (Å²) in [5, 5.41) is 23.3. The summed E-state index contributed by atoms with van der Waals surface area (Å²) < 4.78 is 7.63. The summed E-state index contributed by atoms with van der Waals surface area (Å²) in [5.74, 6) is 0.718. The molecule has 2 atom stereocenters. The quantitative estimate of drug-likeness (QED) is 0.794. The second kappa shape index (κ2) is 8.65. The van der Waals surface area contributed by atoms with E-state index in [2.05, 4.69) is 16.1 Å². The molecule has 6 heteroatoms. The number of ether oxygens (including phenoxy) is 1. The van der Waals surface area contributed by atoms with Gasteiger partial charge in [-0.15, -0.1) is 0 Å². The molecule has 1 N–H and O–H groups in total. The maximum Gasteiger partial charge on any atom is 0.119 e. The van der Waals surface area contributed by atoms with Gasteiger partial charge in [0.25, 0.3) is 0 Å². The summed E-state index contributed by atoms with van der Waals surface area (Å²) in [6.07, 6.45) is 5.93. The minimum absolute atomic E-state index is 0.266. The average Bonchev–Trinajstić information content (AvgIpc) is 3.28. The molecule has 1 aromatic carbocycles. The third-order valence-electron chi connectivity index (χ3n) is 4.55. The van der Waals surface area contributed by atoms with Gasteiger partial charge in [0.15, 0.2) is 0 Å². The van der Waals surface area contributed by atoms with E-state index >= 15 is 0 Å². The second-order valence-corrected chi connectivity index (χ2v) is 6.46. The summed E-state index contributed by atoms with van der Waals surface area (Å²) in [6.45, 7) is 2.74. The van der Waals surface area contributed by atoms with Crippen LogP contribution in [-0.2, 0) is 13.0 Å². The molecule has 0 aliphatic carbocycles. The number of aromatic nitrogens is 2. The SMILES string of the molecule is N#CCc1ccc(OC[C@@H](O)CN2CCC[C@@H]2Cn2cccn2)cc1. The van der Waals surface area contributed by atoms with Crippen LogP contribution < -0.4 is 4.74 Å². The molecular formula is C19H24N4O2. The minimum atomic E-state index is -0.531. The monoisotopic (exact) mass is 340 g/mol.